The number of aromatic nitrogens is 1. The number of anilines is 2. The smallest absolute Gasteiger partial charge is 0.405 e. The van der Waals surface area contributed by atoms with E-state index in [1.165, 1.54) is 6.39 Å². The Labute approximate surface area is 152 Å². The Kier molecular flexibility index (Phi) is 6.21. The van der Waals surface area contributed by atoms with Gasteiger partial charge in [-0.05, 0) is 30.5 Å². The molecule has 0 aliphatic heterocycles. The number of carbonyl (C=O) groups excluding carboxylic acids is 1. The van der Waals surface area contributed by atoms with Crippen LogP contribution in [0.1, 0.15) is 20.3 Å². The van der Waals surface area contributed by atoms with E-state index >= 15 is 0 Å². The molecule has 0 fully saturated rings. The third kappa shape index (κ3) is 4.98. The van der Waals surface area contributed by atoms with Gasteiger partial charge in [0.2, 0.25) is 5.91 Å². The van der Waals surface area contributed by atoms with Crippen LogP contribution in [0.5, 0.6) is 0 Å². The first kappa shape index (κ1) is 19.3. The lowest BCUT2D eigenvalue weighted by atomic mass is 10.0. The van der Waals surface area contributed by atoms with Crippen molar-refractivity contribution >= 4 is 23.4 Å². The fourth-order valence-corrected chi connectivity index (χ4v) is 2.62. The Balaban J connectivity index is 2.24. The number of hydrogen-bond acceptors (Lipinski definition) is 5. The van der Waals surface area contributed by atoms with E-state index in [1.807, 2.05) is 45.0 Å². The molecule has 1 atom stereocenters. The van der Waals surface area contributed by atoms with Crippen molar-refractivity contribution in [3.05, 3.63) is 30.8 Å². The Morgan fingerprint density at radius 3 is 2.58 bits per heavy atom. The highest BCUT2D eigenvalue weighted by Gasteiger charge is 2.22. The fraction of sp³-hybridized carbons (Fsp3) is 0.389. The predicted molar refractivity (Wildman–Crippen MR) is 99.3 cm³/mol. The Morgan fingerprint density at radius 2 is 2.04 bits per heavy atom. The molecule has 2 aromatic rings. The molecule has 1 aromatic carbocycles. The lowest BCUT2D eigenvalue weighted by molar-refractivity contribution is -0.118. The molecule has 8 nitrogen and oxygen atoms in total. The molecule has 1 heterocycles. The zero-order chi connectivity index (χ0) is 19.3. The summed E-state index contributed by atoms with van der Waals surface area (Å²) < 4.78 is 5.36. The monoisotopic (exact) mass is 360 g/mol. The van der Waals surface area contributed by atoms with E-state index < -0.39 is 18.0 Å². The second-order valence-corrected chi connectivity index (χ2v) is 6.61. The maximum atomic E-state index is 12.5. The summed E-state index contributed by atoms with van der Waals surface area (Å²) in [6, 6.07) is 4.57. The third-order valence-electron chi connectivity index (χ3n) is 3.77. The number of carbonyl (C=O) groups is 2. The molecule has 3 N–H and O–H groups in total. The third-order valence-corrected chi connectivity index (χ3v) is 3.77. The molecular weight excluding hydrogens is 336 g/mol. The van der Waals surface area contributed by atoms with E-state index in [0.717, 1.165) is 11.3 Å². The molecule has 0 radical (unpaired) electrons. The molecule has 0 aliphatic rings. The quantitative estimate of drug-likeness (QED) is 0.700. The van der Waals surface area contributed by atoms with Crippen molar-refractivity contribution in [2.24, 2.45) is 5.92 Å². The maximum Gasteiger partial charge on any atom is 0.405 e. The zero-order valence-corrected chi connectivity index (χ0v) is 15.3. The van der Waals surface area contributed by atoms with Gasteiger partial charge in [-0.1, -0.05) is 13.8 Å². The lowest BCUT2D eigenvalue weighted by Gasteiger charge is -2.21. The molecule has 140 valence electrons. The Morgan fingerprint density at radius 1 is 1.31 bits per heavy atom. The number of rotatable bonds is 7. The second kappa shape index (κ2) is 8.37. The minimum atomic E-state index is -1.22. The van der Waals surface area contributed by atoms with Crippen LogP contribution in [-0.2, 0) is 4.79 Å². The summed E-state index contributed by atoms with van der Waals surface area (Å²) >= 11 is 0. The number of benzene rings is 1. The average molecular weight is 360 g/mol. The molecule has 0 spiro atoms. The second-order valence-electron chi connectivity index (χ2n) is 6.61. The largest absolute Gasteiger partial charge is 0.465 e. The van der Waals surface area contributed by atoms with Gasteiger partial charge in [0, 0.05) is 31.0 Å². The first-order valence-corrected chi connectivity index (χ1v) is 8.28. The highest BCUT2D eigenvalue weighted by atomic mass is 16.4. The number of amides is 2. The van der Waals surface area contributed by atoms with Crippen LogP contribution in [-0.4, -0.2) is 42.2 Å². The summed E-state index contributed by atoms with van der Waals surface area (Å²) in [6.45, 7) is 3.86. The SMILES string of the molecule is CC(C)CC(NC(=O)O)C(=O)Nc1ccc(-c2cnco2)c(N(C)C)c1. The van der Waals surface area contributed by atoms with Crippen LogP contribution in [0, 0.1) is 5.92 Å². The normalized spacial score (nSPS) is 11.9. The molecule has 0 bridgehead atoms. The summed E-state index contributed by atoms with van der Waals surface area (Å²) in [6.07, 6.45) is 2.17. The molecular formula is C18H24N4O4. The molecule has 8 heteroatoms. The van der Waals surface area contributed by atoms with Crippen LogP contribution in [0.25, 0.3) is 11.3 Å². The number of oxazole rings is 1. The van der Waals surface area contributed by atoms with Crippen LogP contribution in [0.15, 0.2) is 35.2 Å². The minimum absolute atomic E-state index is 0.170. The van der Waals surface area contributed by atoms with Gasteiger partial charge in [-0.25, -0.2) is 9.78 Å². The summed E-state index contributed by atoms with van der Waals surface area (Å²) in [5.74, 6) is 0.402. The van der Waals surface area contributed by atoms with Crippen molar-refractivity contribution in [3.8, 4) is 11.3 Å². The molecule has 0 saturated heterocycles. The van der Waals surface area contributed by atoms with Crippen LogP contribution in [0.3, 0.4) is 0 Å². The molecule has 2 rings (SSSR count). The minimum Gasteiger partial charge on any atom is -0.465 e. The van der Waals surface area contributed by atoms with Gasteiger partial charge in [0.15, 0.2) is 12.2 Å². The van der Waals surface area contributed by atoms with Crippen molar-refractivity contribution in [1.82, 2.24) is 10.3 Å². The molecule has 1 unspecified atom stereocenters. The standard InChI is InChI=1S/C18H24N4O4/c1-11(2)7-14(21-18(24)25)17(23)20-12-5-6-13(15(8-12)22(3)4)16-9-19-10-26-16/h5-6,8-11,14,21H,7H2,1-4H3,(H,20,23)(H,24,25). The number of hydrogen-bond donors (Lipinski definition) is 3. The molecule has 26 heavy (non-hydrogen) atoms. The van der Waals surface area contributed by atoms with E-state index in [2.05, 4.69) is 15.6 Å². The van der Waals surface area contributed by atoms with Crippen molar-refractivity contribution in [2.45, 2.75) is 26.3 Å². The maximum absolute atomic E-state index is 12.5. The lowest BCUT2D eigenvalue weighted by Crippen LogP contribution is -2.44. The number of nitrogens with zero attached hydrogens (tertiary/aromatic N) is 2. The zero-order valence-electron chi connectivity index (χ0n) is 15.3. The van der Waals surface area contributed by atoms with Gasteiger partial charge in [0.05, 0.1) is 6.20 Å². The van der Waals surface area contributed by atoms with E-state index in [-0.39, 0.29) is 5.92 Å². The van der Waals surface area contributed by atoms with Gasteiger partial charge >= 0.3 is 6.09 Å². The first-order valence-electron chi connectivity index (χ1n) is 8.28. The van der Waals surface area contributed by atoms with Crippen molar-refractivity contribution in [1.29, 1.82) is 0 Å². The van der Waals surface area contributed by atoms with Crippen LogP contribution in [0.2, 0.25) is 0 Å². The van der Waals surface area contributed by atoms with Crippen LogP contribution in [0.4, 0.5) is 16.2 Å². The summed E-state index contributed by atoms with van der Waals surface area (Å²) in [4.78, 5) is 29.3. The van der Waals surface area contributed by atoms with Crippen molar-refractivity contribution in [3.63, 3.8) is 0 Å². The number of carboxylic acid groups (broad SMARTS) is 1. The van der Waals surface area contributed by atoms with Crippen LogP contribution < -0.4 is 15.5 Å². The van der Waals surface area contributed by atoms with E-state index in [0.29, 0.717) is 17.9 Å². The predicted octanol–water partition coefficient (Wildman–Crippen LogP) is 3.03. The average Bonchev–Trinajstić information content (AvgIpc) is 3.07. The van der Waals surface area contributed by atoms with Crippen LogP contribution >= 0.6 is 0 Å². The molecule has 0 saturated carbocycles. The summed E-state index contributed by atoms with van der Waals surface area (Å²) in [7, 11) is 3.77. The van der Waals surface area contributed by atoms with Crippen molar-refractivity contribution < 1.29 is 19.1 Å². The van der Waals surface area contributed by atoms with Crippen molar-refractivity contribution in [2.75, 3.05) is 24.3 Å². The Bertz CT molecular complexity index is 757. The molecule has 0 aliphatic carbocycles. The first-order chi connectivity index (χ1) is 12.3. The summed E-state index contributed by atoms with van der Waals surface area (Å²) in [5.41, 5.74) is 2.25. The molecule has 1 aromatic heterocycles. The number of nitrogens with one attached hydrogen (secondary N) is 2. The van der Waals surface area contributed by atoms with E-state index in [1.54, 1.807) is 12.3 Å². The Hall–Kier alpha value is -3.03. The van der Waals surface area contributed by atoms with Gasteiger partial charge in [-0.15, -0.1) is 0 Å². The fourth-order valence-electron chi connectivity index (χ4n) is 2.62. The van der Waals surface area contributed by atoms with Gasteiger partial charge in [-0.2, -0.15) is 0 Å². The highest BCUT2D eigenvalue weighted by Crippen LogP contribution is 2.32. The van der Waals surface area contributed by atoms with Gasteiger partial charge in [-0.3, -0.25) is 4.79 Å². The van der Waals surface area contributed by atoms with E-state index in [9.17, 15) is 9.59 Å². The highest BCUT2D eigenvalue weighted by molar-refractivity contribution is 5.97. The van der Waals surface area contributed by atoms with Gasteiger partial charge in [0.1, 0.15) is 6.04 Å². The molecule has 2 amide bonds. The van der Waals surface area contributed by atoms with Gasteiger partial charge in [0.25, 0.3) is 0 Å². The summed E-state index contributed by atoms with van der Waals surface area (Å²) in [5, 5.41) is 14.0. The van der Waals surface area contributed by atoms with Gasteiger partial charge < -0.3 is 25.1 Å². The topological polar surface area (TPSA) is 108 Å². The van der Waals surface area contributed by atoms with E-state index in [4.69, 9.17) is 9.52 Å².